The first-order chi connectivity index (χ1) is 8.52. The van der Waals surface area contributed by atoms with Crippen molar-refractivity contribution in [2.45, 2.75) is 6.42 Å². The van der Waals surface area contributed by atoms with E-state index in [1.54, 1.807) is 0 Å². The van der Waals surface area contributed by atoms with Gasteiger partial charge in [-0.1, -0.05) is 0 Å². The maximum absolute atomic E-state index is 11.5. The van der Waals surface area contributed by atoms with E-state index in [-0.39, 0.29) is 16.3 Å². The lowest BCUT2D eigenvalue weighted by Crippen LogP contribution is -2.35. The van der Waals surface area contributed by atoms with E-state index in [4.69, 9.17) is 5.11 Å². The Hall–Kier alpha value is -1.41. The molecule has 0 bridgehead atoms. The molecule has 0 aromatic carbocycles. The minimum Gasteiger partial charge on any atom is -0.465 e. The number of nitrogens with one attached hydrogen (secondary N) is 2. The van der Waals surface area contributed by atoms with Crippen LogP contribution in [-0.2, 0) is 9.59 Å². The third kappa shape index (κ3) is 4.46. The number of nitrogens with zero attached hydrogens (tertiary/aromatic N) is 1. The summed E-state index contributed by atoms with van der Waals surface area (Å²) in [5, 5.41) is 13.5. The van der Waals surface area contributed by atoms with E-state index in [9.17, 15) is 14.4 Å². The first-order valence-corrected chi connectivity index (χ1v) is 6.22. The highest BCUT2D eigenvalue weighted by atomic mass is 79.9. The Balaban J connectivity index is 2.07. The van der Waals surface area contributed by atoms with Gasteiger partial charge in [-0.25, -0.2) is 4.79 Å². The molecule has 0 saturated heterocycles. The Kier molecular flexibility index (Phi) is 5.79. The molecule has 3 N–H and O–H groups in total. The number of hydrogen-bond acceptors (Lipinski definition) is 4. The molecule has 0 unspecified atom stereocenters. The second kappa shape index (κ2) is 7.12. The molecule has 8 heteroatoms. The quantitative estimate of drug-likeness (QED) is 0.449. The van der Waals surface area contributed by atoms with Crippen molar-refractivity contribution in [3.63, 3.8) is 0 Å². The predicted molar refractivity (Wildman–Crippen MR) is 67.2 cm³/mol. The number of halogens is 1. The van der Waals surface area contributed by atoms with Crippen LogP contribution in [0, 0.1) is 0 Å². The SMILES string of the molecule is O=C(O)NCCNCCCN1C(=O)C=C(Br)C1=O. The molecule has 0 spiro atoms. The first-order valence-electron chi connectivity index (χ1n) is 5.43. The Morgan fingerprint density at radius 1 is 1.33 bits per heavy atom. The van der Waals surface area contributed by atoms with Crippen LogP contribution in [0.4, 0.5) is 4.79 Å². The summed E-state index contributed by atoms with van der Waals surface area (Å²) < 4.78 is 0.283. The minimum atomic E-state index is -1.05. The molecule has 100 valence electrons. The van der Waals surface area contributed by atoms with Crippen LogP contribution < -0.4 is 10.6 Å². The van der Waals surface area contributed by atoms with Crippen LogP contribution in [0.5, 0.6) is 0 Å². The van der Waals surface area contributed by atoms with Gasteiger partial charge in [0.2, 0.25) is 0 Å². The third-order valence-electron chi connectivity index (χ3n) is 2.28. The lowest BCUT2D eigenvalue weighted by molar-refractivity contribution is -0.136. The molecule has 1 rings (SSSR count). The van der Waals surface area contributed by atoms with Crippen molar-refractivity contribution < 1.29 is 19.5 Å². The fraction of sp³-hybridized carbons (Fsp3) is 0.500. The highest BCUT2D eigenvalue weighted by Crippen LogP contribution is 2.17. The lowest BCUT2D eigenvalue weighted by atomic mass is 10.3. The Morgan fingerprint density at radius 3 is 2.61 bits per heavy atom. The average molecular weight is 320 g/mol. The first kappa shape index (κ1) is 14.7. The highest BCUT2D eigenvalue weighted by molar-refractivity contribution is 9.12. The molecule has 1 aliphatic rings. The summed E-state index contributed by atoms with van der Waals surface area (Å²) in [6.07, 6.45) is 0.826. The molecule has 3 amide bonds. The zero-order chi connectivity index (χ0) is 13.5. The minimum absolute atomic E-state index is 0.283. The molecule has 18 heavy (non-hydrogen) atoms. The molecular formula is C10H14BrN3O4. The molecule has 0 aliphatic carbocycles. The van der Waals surface area contributed by atoms with Gasteiger partial charge in [-0.05, 0) is 28.9 Å². The molecule has 0 saturated carbocycles. The predicted octanol–water partition coefficient (Wildman–Crippen LogP) is -0.119. The zero-order valence-corrected chi connectivity index (χ0v) is 11.2. The van der Waals surface area contributed by atoms with E-state index in [1.807, 2.05) is 0 Å². The van der Waals surface area contributed by atoms with Gasteiger partial charge < -0.3 is 15.7 Å². The van der Waals surface area contributed by atoms with Gasteiger partial charge in [0.25, 0.3) is 11.8 Å². The second-order valence-electron chi connectivity index (χ2n) is 3.62. The van der Waals surface area contributed by atoms with Crippen molar-refractivity contribution in [1.29, 1.82) is 0 Å². The zero-order valence-electron chi connectivity index (χ0n) is 9.61. The van der Waals surface area contributed by atoms with Gasteiger partial charge >= 0.3 is 6.09 Å². The number of rotatable bonds is 7. The summed E-state index contributed by atoms with van der Waals surface area (Å²) in [5.74, 6) is -0.619. The van der Waals surface area contributed by atoms with Crippen LogP contribution in [-0.4, -0.2) is 54.1 Å². The van der Waals surface area contributed by atoms with E-state index in [1.165, 1.54) is 11.0 Å². The maximum Gasteiger partial charge on any atom is 0.404 e. The summed E-state index contributed by atoms with van der Waals surface area (Å²) in [4.78, 5) is 34.1. The van der Waals surface area contributed by atoms with E-state index in [2.05, 4.69) is 26.6 Å². The second-order valence-corrected chi connectivity index (χ2v) is 4.48. The summed E-state index contributed by atoms with van der Waals surface area (Å²) in [6, 6.07) is 0. The Morgan fingerprint density at radius 2 is 2.06 bits per heavy atom. The highest BCUT2D eigenvalue weighted by Gasteiger charge is 2.28. The van der Waals surface area contributed by atoms with Gasteiger partial charge in [0.15, 0.2) is 0 Å². The van der Waals surface area contributed by atoms with Crippen LogP contribution in [0.1, 0.15) is 6.42 Å². The lowest BCUT2D eigenvalue weighted by Gasteiger charge is -2.13. The molecular weight excluding hydrogens is 306 g/mol. The van der Waals surface area contributed by atoms with E-state index >= 15 is 0 Å². The number of carbonyl (C=O) groups excluding carboxylic acids is 2. The van der Waals surface area contributed by atoms with Crippen molar-refractivity contribution in [1.82, 2.24) is 15.5 Å². The average Bonchev–Trinajstić information content (AvgIpc) is 2.53. The van der Waals surface area contributed by atoms with Crippen molar-refractivity contribution >= 4 is 33.8 Å². The van der Waals surface area contributed by atoms with E-state index in [0.29, 0.717) is 32.6 Å². The van der Waals surface area contributed by atoms with Crippen molar-refractivity contribution in [3.05, 3.63) is 10.6 Å². The molecule has 1 aliphatic heterocycles. The molecule has 0 fully saturated rings. The molecule has 1 heterocycles. The van der Waals surface area contributed by atoms with Gasteiger partial charge in [0, 0.05) is 25.7 Å². The number of carbonyl (C=O) groups is 3. The number of amides is 3. The molecule has 7 nitrogen and oxygen atoms in total. The van der Waals surface area contributed by atoms with Gasteiger partial charge in [0.05, 0.1) is 4.48 Å². The monoisotopic (exact) mass is 319 g/mol. The number of hydrogen-bond donors (Lipinski definition) is 3. The summed E-state index contributed by atoms with van der Waals surface area (Å²) in [7, 11) is 0. The Bertz CT molecular complexity index is 383. The number of imide groups is 1. The summed E-state index contributed by atoms with van der Waals surface area (Å²) in [6.45, 7) is 1.79. The smallest absolute Gasteiger partial charge is 0.404 e. The standard InChI is InChI=1S/C10H14BrN3O4/c11-7-6-8(15)14(9(7)16)5-1-2-12-3-4-13-10(17)18/h6,12-13H,1-5H2,(H,17,18). The molecule has 0 atom stereocenters. The fourth-order valence-electron chi connectivity index (χ4n) is 1.43. The summed E-state index contributed by atoms with van der Waals surface area (Å²) >= 11 is 3.01. The molecule has 0 radical (unpaired) electrons. The topological polar surface area (TPSA) is 98.7 Å². The Labute approximate surface area is 112 Å². The summed E-state index contributed by atoms with van der Waals surface area (Å²) in [5.41, 5.74) is 0. The van der Waals surface area contributed by atoms with Gasteiger partial charge in [-0.3, -0.25) is 14.5 Å². The van der Waals surface area contributed by atoms with Crippen LogP contribution >= 0.6 is 15.9 Å². The van der Waals surface area contributed by atoms with Crippen LogP contribution in [0.2, 0.25) is 0 Å². The van der Waals surface area contributed by atoms with Gasteiger partial charge in [-0.15, -0.1) is 0 Å². The van der Waals surface area contributed by atoms with Crippen LogP contribution in [0.3, 0.4) is 0 Å². The van der Waals surface area contributed by atoms with E-state index in [0.717, 1.165) is 0 Å². The largest absolute Gasteiger partial charge is 0.465 e. The normalized spacial score (nSPS) is 14.9. The van der Waals surface area contributed by atoms with Crippen LogP contribution in [0.25, 0.3) is 0 Å². The van der Waals surface area contributed by atoms with E-state index < -0.39 is 6.09 Å². The maximum atomic E-state index is 11.5. The molecule has 0 aromatic heterocycles. The molecule has 0 aromatic rings. The third-order valence-corrected chi connectivity index (χ3v) is 2.85. The van der Waals surface area contributed by atoms with Gasteiger partial charge in [0.1, 0.15) is 0 Å². The number of carboxylic acid groups (broad SMARTS) is 1. The van der Waals surface area contributed by atoms with Gasteiger partial charge in [-0.2, -0.15) is 0 Å². The fourth-order valence-corrected chi connectivity index (χ4v) is 1.84. The van der Waals surface area contributed by atoms with Crippen molar-refractivity contribution in [3.8, 4) is 0 Å². The van der Waals surface area contributed by atoms with Crippen molar-refractivity contribution in [2.24, 2.45) is 0 Å². The van der Waals surface area contributed by atoms with Crippen LogP contribution in [0.15, 0.2) is 10.6 Å². The van der Waals surface area contributed by atoms with Crippen molar-refractivity contribution in [2.75, 3.05) is 26.2 Å².